The fraction of sp³-hybridized carbons (Fsp3) is 0.105. The second kappa shape index (κ2) is 24.7. The van der Waals surface area contributed by atoms with Gasteiger partial charge in [-0.3, -0.25) is 20.0 Å². The first-order chi connectivity index (χ1) is 23.3. The molecule has 10 nitrogen and oxygen atoms in total. The van der Waals surface area contributed by atoms with Crippen molar-refractivity contribution < 1.29 is 64.8 Å². The molecule has 0 saturated carbocycles. The Balaban J connectivity index is 0.000000398. The molecule has 0 radical (unpaired) electrons. The van der Waals surface area contributed by atoms with Gasteiger partial charge in [-0.2, -0.15) is 0 Å². The maximum atomic E-state index is 9.54. The van der Waals surface area contributed by atoms with Crippen molar-refractivity contribution in [2.75, 3.05) is 26.2 Å². The van der Waals surface area contributed by atoms with Crippen LogP contribution in [0.3, 0.4) is 0 Å². The first-order valence-electron chi connectivity index (χ1n) is 14.9. The van der Waals surface area contributed by atoms with Gasteiger partial charge in [0.2, 0.25) is 0 Å². The number of benzene rings is 5. The standard InChI is InChI=1S/2C16H16N2O2.C6H6O2.2Fe/c2*19-15-7-3-1-5-13(15)11-17-9-10-18-12-14-6-2-4-8-16(14)20;7-5-1-2-6(8)4-3-5;;/h2*1-8,11-12,19-20H,9-10H2;1-4,7-8H;;. The Morgan fingerprint density at radius 2 is 0.520 bits per heavy atom. The minimum atomic E-state index is 0. The number of aliphatic imine (C=N–C) groups is 4. The van der Waals surface area contributed by atoms with Gasteiger partial charge in [-0.15, -0.1) is 0 Å². The molecule has 0 aromatic heterocycles. The first-order valence-corrected chi connectivity index (χ1v) is 14.9. The molecule has 0 aliphatic rings. The molecule has 5 aromatic carbocycles. The van der Waals surface area contributed by atoms with E-state index in [1.54, 1.807) is 97.7 Å². The SMILES string of the molecule is Oc1ccc(O)cc1.Oc1ccccc1C=NCCN=Cc1ccccc1O.Oc1ccccc1C=NCCN=Cc1ccccc1O.[Fe].[Fe]. The first kappa shape index (κ1) is 42.6. The molecule has 0 atom stereocenters. The number of para-hydroxylation sites is 4. The third kappa shape index (κ3) is 16.6. The Hall–Kier alpha value is -5.38. The van der Waals surface area contributed by atoms with E-state index < -0.39 is 0 Å². The Kier molecular flexibility index (Phi) is 21.1. The summed E-state index contributed by atoms with van der Waals surface area (Å²) in [6.45, 7) is 2.10. The molecular weight excluding hydrogens is 720 g/mol. The van der Waals surface area contributed by atoms with Crippen LogP contribution in [0.15, 0.2) is 141 Å². The molecule has 0 saturated heterocycles. The van der Waals surface area contributed by atoms with E-state index in [2.05, 4.69) is 20.0 Å². The van der Waals surface area contributed by atoms with Crippen LogP contribution in [-0.2, 0) is 34.1 Å². The predicted molar refractivity (Wildman–Crippen MR) is 192 cm³/mol. The van der Waals surface area contributed by atoms with Gasteiger partial charge >= 0.3 is 0 Å². The zero-order chi connectivity index (χ0) is 34.4. The van der Waals surface area contributed by atoms with Crippen molar-refractivity contribution in [2.45, 2.75) is 0 Å². The van der Waals surface area contributed by atoms with Gasteiger partial charge < -0.3 is 30.6 Å². The molecule has 50 heavy (non-hydrogen) atoms. The number of phenols is 6. The fourth-order valence-electron chi connectivity index (χ4n) is 3.72. The monoisotopic (exact) mass is 758 g/mol. The Bertz CT molecular complexity index is 1570. The molecule has 12 heteroatoms. The maximum absolute atomic E-state index is 9.54. The number of nitrogens with zero attached hydrogens (tertiary/aromatic N) is 4. The van der Waals surface area contributed by atoms with Gasteiger partial charge in [0.1, 0.15) is 34.5 Å². The normalized spacial score (nSPS) is 10.6. The maximum Gasteiger partial charge on any atom is 0.124 e. The third-order valence-electron chi connectivity index (χ3n) is 6.23. The zero-order valence-electron chi connectivity index (χ0n) is 26.9. The Labute approximate surface area is 312 Å². The van der Waals surface area contributed by atoms with Gasteiger partial charge in [0.05, 0.1) is 26.2 Å². The zero-order valence-corrected chi connectivity index (χ0v) is 29.1. The summed E-state index contributed by atoms with van der Waals surface area (Å²) in [5, 5.41) is 55.5. The number of rotatable bonds is 10. The van der Waals surface area contributed by atoms with Crippen LogP contribution in [-0.4, -0.2) is 81.7 Å². The number of aromatic hydroxyl groups is 6. The van der Waals surface area contributed by atoms with E-state index in [4.69, 9.17) is 10.2 Å². The van der Waals surface area contributed by atoms with Gasteiger partial charge in [-0.25, -0.2) is 0 Å². The number of hydrogen-bond acceptors (Lipinski definition) is 10. The van der Waals surface area contributed by atoms with Crippen LogP contribution in [0, 0.1) is 0 Å². The minimum absolute atomic E-state index is 0. The summed E-state index contributed by atoms with van der Waals surface area (Å²) in [4.78, 5) is 16.8. The molecule has 0 unspecified atom stereocenters. The second-order valence-corrected chi connectivity index (χ2v) is 9.89. The summed E-state index contributed by atoms with van der Waals surface area (Å²) in [6.07, 6.45) is 6.52. The van der Waals surface area contributed by atoms with Crippen molar-refractivity contribution in [3.05, 3.63) is 144 Å². The van der Waals surface area contributed by atoms with Crippen LogP contribution >= 0.6 is 0 Å². The average molecular weight is 758 g/mol. The molecule has 5 aromatic rings. The minimum Gasteiger partial charge on any atom is -0.508 e. The van der Waals surface area contributed by atoms with Gasteiger partial charge in [0, 0.05) is 81.2 Å². The van der Waals surface area contributed by atoms with Crippen molar-refractivity contribution >= 4 is 24.9 Å². The molecule has 6 N–H and O–H groups in total. The molecule has 5 rings (SSSR count). The van der Waals surface area contributed by atoms with Crippen LogP contribution in [0.25, 0.3) is 0 Å². The van der Waals surface area contributed by atoms with Crippen LogP contribution in [0.1, 0.15) is 22.3 Å². The fourth-order valence-corrected chi connectivity index (χ4v) is 3.72. The predicted octanol–water partition coefficient (Wildman–Crippen LogP) is 6.36. The number of hydrogen-bond donors (Lipinski definition) is 6. The molecular formula is C38H38Fe2N4O6. The van der Waals surface area contributed by atoms with E-state index >= 15 is 0 Å². The number of phenolic OH excluding ortho intramolecular Hbond substituents is 6. The van der Waals surface area contributed by atoms with Crippen molar-refractivity contribution in [3.63, 3.8) is 0 Å². The smallest absolute Gasteiger partial charge is 0.124 e. The van der Waals surface area contributed by atoms with Crippen LogP contribution in [0.5, 0.6) is 34.5 Å². The van der Waals surface area contributed by atoms with Crippen LogP contribution in [0.4, 0.5) is 0 Å². The van der Waals surface area contributed by atoms with Gasteiger partial charge in [-0.1, -0.05) is 48.5 Å². The Morgan fingerprint density at radius 3 is 0.720 bits per heavy atom. The summed E-state index contributed by atoms with van der Waals surface area (Å²) in [5.74, 6) is 1.21. The Morgan fingerprint density at radius 1 is 0.320 bits per heavy atom. The topological polar surface area (TPSA) is 171 Å². The van der Waals surface area contributed by atoms with Gasteiger partial charge in [0.15, 0.2) is 0 Å². The summed E-state index contributed by atoms with van der Waals surface area (Å²) in [5.41, 5.74) is 2.77. The van der Waals surface area contributed by atoms with Crippen molar-refractivity contribution in [1.29, 1.82) is 0 Å². The van der Waals surface area contributed by atoms with Crippen molar-refractivity contribution in [3.8, 4) is 34.5 Å². The van der Waals surface area contributed by atoms with E-state index in [1.165, 1.54) is 24.3 Å². The van der Waals surface area contributed by atoms with Crippen molar-refractivity contribution in [1.82, 2.24) is 0 Å². The van der Waals surface area contributed by atoms with E-state index in [0.29, 0.717) is 48.4 Å². The molecule has 0 amide bonds. The van der Waals surface area contributed by atoms with Gasteiger partial charge in [-0.05, 0) is 72.8 Å². The summed E-state index contributed by atoms with van der Waals surface area (Å²) < 4.78 is 0. The summed E-state index contributed by atoms with van der Waals surface area (Å²) in [6, 6.07) is 33.8. The van der Waals surface area contributed by atoms with Crippen LogP contribution in [0.2, 0.25) is 0 Å². The van der Waals surface area contributed by atoms with Crippen LogP contribution < -0.4 is 0 Å². The van der Waals surface area contributed by atoms with E-state index in [0.717, 1.165) is 0 Å². The molecule has 262 valence electrons. The summed E-state index contributed by atoms with van der Waals surface area (Å²) >= 11 is 0. The van der Waals surface area contributed by atoms with E-state index in [1.807, 2.05) is 24.3 Å². The molecule has 0 fully saturated rings. The van der Waals surface area contributed by atoms with Crippen molar-refractivity contribution in [2.24, 2.45) is 20.0 Å². The quantitative estimate of drug-likeness (QED) is 0.0419. The van der Waals surface area contributed by atoms with E-state index in [9.17, 15) is 20.4 Å². The van der Waals surface area contributed by atoms with E-state index in [-0.39, 0.29) is 68.6 Å². The second-order valence-electron chi connectivity index (χ2n) is 9.89. The largest absolute Gasteiger partial charge is 0.508 e. The summed E-state index contributed by atoms with van der Waals surface area (Å²) in [7, 11) is 0. The molecule has 0 aliphatic heterocycles. The molecule has 0 spiro atoms. The molecule has 0 heterocycles. The van der Waals surface area contributed by atoms with Gasteiger partial charge in [0.25, 0.3) is 0 Å². The third-order valence-corrected chi connectivity index (χ3v) is 6.23. The molecule has 0 aliphatic carbocycles. The average Bonchev–Trinajstić information content (AvgIpc) is 3.09. The molecule has 0 bridgehead atoms.